The number of benzene rings is 3. The second-order valence-corrected chi connectivity index (χ2v) is 18.5. The molecular formula is C54H74N2. The van der Waals surface area contributed by atoms with Gasteiger partial charge in [-0.15, -0.1) is 0 Å². The Kier molecular flexibility index (Phi) is 16.3. The van der Waals surface area contributed by atoms with Crippen LogP contribution in [-0.2, 0) is 19.3 Å². The van der Waals surface area contributed by atoms with Gasteiger partial charge in [0.15, 0.2) is 0 Å². The molecule has 2 aromatic heterocycles. The lowest BCUT2D eigenvalue weighted by molar-refractivity contribution is 0.339. The van der Waals surface area contributed by atoms with Gasteiger partial charge < -0.3 is 0 Å². The molecular weight excluding hydrogens is 677 g/mol. The Hall–Kier alpha value is -3.78. The van der Waals surface area contributed by atoms with Gasteiger partial charge in [0.1, 0.15) is 0 Å². The number of aromatic nitrogens is 2. The largest absolute Gasteiger partial charge is 0.261 e. The zero-order valence-electron chi connectivity index (χ0n) is 36.7. The average molecular weight is 751 g/mol. The molecule has 0 aliphatic heterocycles. The Labute approximate surface area is 342 Å². The van der Waals surface area contributed by atoms with Crippen LogP contribution in [0.15, 0.2) is 103 Å². The average Bonchev–Trinajstić information content (AvgIpc) is 4.01. The van der Waals surface area contributed by atoms with Crippen LogP contribution < -0.4 is 0 Å². The lowest BCUT2D eigenvalue weighted by atomic mass is 9.80. The third-order valence-electron chi connectivity index (χ3n) is 13.1. The van der Waals surface area contributed by atoms with E-state index in [-0.39, 0.29) is 0 Å². The molecule has 300 valence electrons. The molecule has 3 aliphatic rings. The smallest absolute Gasteiger partial charge is 0.0704 e. The fraction of sp³-hybridized carbons (Fsp3) is 0.519. The van der Waals surface area contributed by atoms with Gasteiger partial charge in [-0.2, -0.15) is 0 Å². The normalized spacial score (nSPS) is 17.3. The molecule has 5 aromatic rings. The van der Waals surface area contributed by atoms with Crippen LogP contribution in [0.25, 0.3) is 10.9 Å². The maximum atomic E-state index is 4.45. The lowest BCUT2D eigenvalue weighted by Crippen LogP contribution is -2.19. The highest BCUT2D eigenvalue weighted by atomic mass is 14.7. The minimum atomic E-state index is 0.575. The molecule has 2 nitrogen and oxygen atoms in total. The van der Waals surface area contributed by atoms with Crippen LogP contribution in [0.2, 0.25) is 0 Å². The summed E-state index contributed by atoms with van der Waals surface area (Å²) < 4.78 is 0. The van der Waals surface area contributed by atoms with Gasteiger partial charge in [-0.25, -0.2) is 0 Å². The molecule has 0 bridgehead atoms. The van der Waals surface area contributed by atoms with Crippen molar-refractivity contribution in [1.29, 1.82) is 0 Å². The molecule has 3 aliphatic carbocycles. The minimum Gasteiger partial charge on any atom is -0.261 e. The molecule has 1 atom stereocenters. The summed E-state index contributed by atoms with van der Waals surface area (Å²) in [6.45, 7) is 20.4. The van der Waals surface area contributed by atoms with E-state index < -0.39 is 0 Å². The summed E-state index contributed by atoms with van der Waals surface area (Å²) in [5, 5.41) is 1.21. The molecule has 0 N–H and O–H groups in total. The van der Waals surface area contributed by atoms with Crippen LogP contribution in [0, 0.1) is 17.3 Å². The summed E-state index contributed by atoms with van der Waals surface area (Å²) >= 11 is 0. The van der Waals surface area contributed by atoms with E-state index in [9.17, 15) is 0 Å². The van der Waals surface area contributed by atoms with Gasteiger partial charge in [-0.05, 0) is 144 Å². The Morgan fingerprint density at radius 1 is 0.625 bits per heavy atom. The second kappa shape index (κ2) is 21.1. The molecule has 0 saturated heterocycles. The topological polar surface area (TPSA) is 25.8 Å². The zero-order valence-corrected chi connectivity index (χ0v) is 36.7. The molecule has 8 rings (SSSR count). The van der Waals surface area contributed by atoms with Crippen molar-refractivity contribution in [3.8, 4) is 0 Å². The maximum absolute atomic E-state index is 4.45. The standard InChI is InChI=1S/2C15H22.C12H17N.C12H13N/c1-12(2)13-8-10-15(11-9-13)14-6-4-3-5-7-14;1-4-15(9-10-15)11-13-5-7-14(8-6-13)12(2)3;2*1-9(2)11-6-5-10-4-3-7-13-12(10)8-11/h8-12,14H,3-7H2,1-2H3;5-8,12H,4,9-11H2,1-3H3;3-4,7,9,11H,5-6,8H2,1-2H3;3-9H,1-2H3. The molecule has 2 saturated carbocycles. The predicted octanol–water partition coefficient (Wildman–Crippen LogP) is 15.6. The SMILES string of the molecule is CC(C)C1CCc2cccnc2C1.CC(C)c1ccc(C2CCCCC2)cc1.CC(C)c1ccc2cccnc2c1.CCC1(Cc2ccc(C(C)C)cc2)CC1. The van der Waals surface area contributed by atoms with Crippen LogP contribution in [0.3, 0.4) is 0 Å². The van der Waals surface area contributed by atoms with E-state index in [1.165, 1.54) is 116 Å². The van der Waals surface area contributed by atoms with Crippen molar-refractivity contribution in [3.05, 3.63) is 142 Å². The summed E-state index contributed by atoms with van der Waals surface area (Å²) in [6.07, 6.45) is 20.1. The number of hydrogen-bond donors (Lipinski definition) is 0. The van der Waals surface area contributed by atoms with E-state index in [0.29, 0.717) is 23.2 Å². The molecule has 0 amide bonds. The summed E-state index contributed by atoms with van der Waals surface area (Å²) in [6, 6.07) is 33.4. The first-order valence-electron chi connectivity index (χ1n) is 22.4. The van der Waals surface area contributed by atoms with Crippen molar-refractivity contribution in [2.75, 3.05) is 0 Å². The highest BCUT2D eigenvalue weighted by Crippen LogP contribution is 2.51. The Balaban J connectivity index is 0.000000143. The fourth-order valence-electron chi connectivity index (χ4n) is 8.46. The lowest BCUT2D eigenvalue weighted by Gasteiger charge is -2.26. The van der Waals surface area contributed by atoms with E-state index in [4.69, 9.17) is 0 Å². The molecule has 2 heterocycles. The highest BCUT2D eigenvalue weighted by molar-refractivity contribution is 5.78. The van der Waals surface area contributed by atoms with Gasteiger partial charge >= 0.3 is 0 Å². The van der Waals surface area contributed by atoms with Crippen molar-refractivity contribution >= 4 is 10.9 Å². The summed E-state index contributed by atoms with van der Waals surface area (Å²) in [5.74, 6) is 4.38. The number of hydrogen-bond acceptors (Lipinski definition) is 2. The quantitative estimate of drug-likeness (QED) is 0.158. The number of aryl methyl sites for hydroxylation is 1. The monoisotopic (exact) mass is 751 g/mol. The predicted molar refractivity (Wildman–Crippen MR) is 243 cm³/mol. The zero-order chi connectivity index (χ0) is 40.1. The molecule has 0 radical (unpaired) electrons. The van der Waals surface area contributed by atoms with E-state index in [2.05, 4.69) is 157 Å². The molecule has 2 fully saturated rings. The van der Waals surface area contributed by atoms with Gasteiger partial charge in [0.25, 0.3) is 0 Å². The minimum absolute atomic E-state index is 0.575. The molecule has 1 unspecified atom stereocenters. The number of rotatable bonds is 8. The van der Waals surface area contributed by atoms with E-state index in [1.54, 1.807) is 5.56 Å². The molecule has 0 spiro atoms. The summed E-state index contributed by atoms with van der Waals surface area (Å²) in [5.41, 5.74) is 12.0. The number of pyridine rings is 2. The van der Waals surface area contributed by atoms with Gasteiger partial charge in [-0.3, -0.25) is 9.97 Å². The third kappa shape index (κ3) is 12.9. The van der Waals surface area contributed by atoms with Crippen molar-refractivity contribution in [2.24, 2.45) is 17.3 Å². The Morgan fingerprint density at radius 3 is 1.80 bits per heavy atom. The molecule has 2 heteroatoms. The summed E-state index contributed by atoms with van der Waals surface area (Å²) in [4.78, 5) is 8.78. The van der Waals surface area contributed by atoms with Crippen LogP contribution in [0.4, 0.5) is 0 Å². The van der Waals surface area contributed by atoms with Gasteiger partial charge in [0.05, 0.1) is 5.52 Å². The van der Waals surface area contributed by atoms with Gasteiger partial charge in [0, 0.05) is 23.5 Å². The van der Waals surface area contributed by atoms with Crippen molar-refractivity contribution in [1.82, 2.24) is 9.97 Å². The third-order valence-corrected chi connectivity index (χ3v) is 13.1. The second-order valence-electron chi connectivity index (χ2n) is 18.5. The van der Waals surface area contributed by atoms with Crippen LogP contribution in [0.5, 0.6) is 0 Å². The fourth-order valence-corrected chi connectivity index (χ4v) is 8.46. The van der Waals surface area contributed by atoms with E-state index >= 15 is 0 Å². The molecule has 3 aromatic carbocycles. The van der Waals surface area contributed by atoms with Crippen molar-refractivity contribution < 1.29 is 0 Å². The number of fused-ring (bicyclic) bond motifs is 2. The van der Waals surface area contributed by atoms with E-state index in [1.807, 2.05) is 18.5 Å². The van der Waals surface area contributed by atoms with Crippen LogP contribution in [0.1, 0.15) is 183 Å². The Morgan fingerprint density at radius 2 is 1.21 bits per heavy atom. The van der Waals surface area contributed by atoms with Crippen LogP contribution in [-0.4, -0.2) is 9.97 Å². The summed E-state index contributed by atoms with van der Waals surface area (Å²) in [7, 11) is 0. The number of nitrogens with zero attached hydrogens (tertiary/aromatic N) is 2. The first kappa shape index (κ1) is 43.3. The van der Waals surface area contributed by atoms with Gasteiger partial charge in [-0.1, -0.05) is 161 Å². The van der Waals surface area contributed by atoms with Crippen molar-refractivity contribution in [3.63, 3.8) is 0 Å². The highest BCUT2D eigenvalue weighted by Gasteiger charge is 2.40. The van der Waals surface area contributed by atoms with Gasteiger partial charge in [0.2, 0.25) is 0 Å². The first-order valence-corrected chi connectivity index (χ1v) is 22.4. The Bertz CT molecular complexity index is 1870. The van der Waals surface area contributed by atoms with Crippen LogP contribution >= 0.6 is 0 Å². The molecule has 56 heavy (non-hydrogen) atoms. The van der Waals surface area contributed by atoms with Crippen molar-refractivity contribution in [2.45, 2.75) is 163 Å². The first-order chi connectivity index (χ1) is 27.0. The maximum Gasteiger partial charge on any atom is 0.0704 e. The van der Waals surface area contributed by atoms with E-state index in [0.717, 1.165) is 23.3 Å².